The fourth-order valence-corrected chi connectivity index (χ4v) is 2.43. The molecular weight excluding hydrogens is 214 g/mol. The summed E-state index contributed by atoms with van der Waals surface area (Å²) in [5, 5.41) is 3.43. The Hall–Kier alpha value is -1.71. The zero-order valence-electron chi connectivity index (χ0n) is 10.1. The third-order valence-corrected chi connectivity index (χ3v) is 3.38. The van der Waals surface area contributed by atoms with Crippen LogP contribution in [0.4, 0.5) is 11.4 Å². The number of nitrogens with one attached hydrogen (secondary N) is 1. The first kappa shape index (κ1) is 11.8. The van der Waals surface area contributed by atoms with Gasteiger partial charge in [0.05, 0.1) is 5.56 Å². The predicted molar refractivity (Wildman–Crippen MR) is 69.8 cm³/mol. The summed E-state index contributed by atoms with van der Waals surface area (Å²) in [6, 6.07) is 5.85. The summed E-state index contributed by atoms with van der Waals surface area (Å²) in [6.07, 6.45) is 3.61. The van der Waals surface area contributed by atoms with Crippen molar-refractivity contribution >= 4 is 17.3 Å². The summed E-state index contributed by atoms with van der Waals surface area (Å²) in [7, 11) is 0. The van der Waals surface area contributed by atoms with Crippen LogP contribution in [0.3, 0.4) is 0 Å². The predicted octanol–water partition coefficient (Wildman–Crippen LogP) is 1.97. The Morgan fingerprint density at radius 2 is 2.18 bits per heavy atom. The highest BCUT2D eigenvalue weighted by molar-refractivity contribution is 5.98. The second-order valence-electron chi connectivity index (χ2n) is 4.93. The summed E-state index contributed by atoms with van der Waals surface area (Å²) in [5.74, 6) is 0.294. The van der Waals surface area contributed by atoms with Gasteiger partial charge in [-0.25, -0.2) is 0 Å². The first-order valence-corrected chi connectivity index (χ1v) is 6.02. The molecule has 4 nitrogen and oxygen atoms in total. The van der Waals surface area contributed by atoms with Crippen molar-refractivity contribution in [1.82, 2.24) is 0 Å². The van der Waals surface area contributed by atoms with Gasteiger partial charge in [0.1, 0.15) is 0 Å². The molecule has 1 aromatic rings. The smallest absolute Gasteiger partial charge is 0.250 e. The SMILES string of the molecule is CC1CCC(Nc2ccc(N)c(C(N)=O)c2)C1. The van der Waals surface area contributed by atoms with Crippen LogP contribution in [0.5, 0.6) is 0 Å². The maximum absolute atomic E-state index is 11.2. The molecule has 17 heavy (non-hydrogen) atoms. The second kappa shape index (κ2) is 4.65. The number of hydrogen-bond donors (Lipinski definition) is 3. The molecule has 4 heteroatoms. The number of nitrogen functional groups attached to an aromatic ring is 1. The van der Waals surface area contributed by atoms with Crippen LogP contribution in [0.25, 0.3) is 0 Å². The molecule has 1 saturated carbocycles. The van der Waals surface area contributed by atoms with E-state index in [1.54, 1.807) is 12.1 Å². The minimum Gasteiger partial charge on any atom is -0.398 e. The number of carbonyl (C=O) groups excluding carboxylic acids is 1. The molecule has 1 aliphatic carbocycles. The van der Waals surface area contributed by atoms with Gasteiger partial charge < -0.3 is 16.8 Å². The van der Waals surface area contributed by atoms with Gasteiger partial charge in [0.2, 0.25) is 0 Å². The minimum atomic E-state index is -0.481. The zero-order valence-corrected chi connectivity index (χ0v) is 10.1. The fourth-order valence-electron chi connectivity index (χ4n) is 2.43. The van der Waals surface area contributed by atoms with E-state index in [0.717, 1.165) is 11.6 Å². The molecule has 0 radical (unpaired) electrons. The lowest BCUT2D eigenvalue weighted by Crippen LogP contribution is -2.17. The van der Waals surface area contributed by atoms with Crippen LogP contribution >= 0.6 is 0 Å². The Morgan fingerprint density at radius 1 is 1.41 bits per heavy atom. The van der Waals surface area contributed by atoms with Crippen molar-refractivity contribution in [3.63, 3.8) is 0 Å². The zero-order chi connectivity index (χ0) is 12.4. The molecule has 92 valence electrons. The van der Waals surface area contributed by atoms with Crippen molar-refractivity contribution in [3.05, 3.63) is 23.8 Å². The number of hydrogen-bond acceptors (Lipinski definition) is 3. The van der Waals surface area contributed by atoms with Crippen molar-refractivity contribution in [1.29, 1.82) is 0 Å². The molecule has 0 heterocycles. The number of benzene rings is 1. The number of primary amides is 1. The van der Waals surface area contributed by atoms with E-state index in [9.17, 15) is 4.79 Å². The quantitative estimate of drug-likeness (QED) is 0.698. The van der Waals surface area contributed by atoms with Gasteiger partial charge in [-0.15, -0.1) is 0 Å². The summed E-state index contributed by atoms with van der Waals surface area (Å²) in [6.45, 7) is 2.26. The van der Waals surface area contributed by atoms with Gasteiger partial charge in [0, 0.05) is 17.4 Å². The van der Waals surface area contributed by atoms with Crippen LogP contribution in [0, 0.1) is 5.92 Å². The summed E-state index contributed by atoms with van der Waals surface area (Å²) in [5.41, 5.74) is 12.7. The summed E-state index contributed by atoms with van der Waals surface area (Å²) < 4.78 is 0. The van der Waals surface area contributed by atoms with Gasteiger partial charge in [-0.05, 0) is 43.4 Å². The standard InChI is InChI=1S/C13H19N3O/c1-8-2-3-9(6-8)16-10-4-5-12(14)11(7-10)13(15)17/h4-5,7-9,16H,2-3,6,14H2,1H3,(H2,15,17). The Labute approximate surface area is 101 Å². The van der Waals surface area contributed by atoms with E-state index in [2.05, 4.69) is 12.2 Å². The minimum absolute atomic E-state index is 0.390. The highest BCUT2D eigenvalue weighted by Crippen LogP contribution is 2.28. The van der Waals surface area contributed by atoms with Crippen molar-refractivity contribution in [2.45, 2.75) is 32.2 Å². The monoisotopic (exact) mass is 233 g/mol. The Kier molecular flexibility index (Phi) is 3.22. The molecule has 0 bridgehead atoms. The maximum Gasteiger partial charge on any atom is 0.250 e. The Bertz CT molecular complexity index is 431. The summed E-state index contributed by atoms with van der Waals surface area (Å²) >= 11 is 0. The highest BCUT2D eigenvalue weighted by Gasteiger charge is 2.21. The van der Waals surface area contributed by atoms with Crippen molar-refractivity contribution < 1.29 is 4.79 Å². The molecule has 0 spiro atoms. The molecule has 1 aromatic carbocycles. The third-order valence-electron chi connectivity index (χ3n) is 3.38. The molecule has 0 aliphatic heterocycles. The lowest BCUT2D eigenvalue weighted by atomic mass is 10.1. The molecule has 5 N–H and O–H groups in total. The van der Waals surface area contributed by atoms with Gasteiger partial charge in [-0.3, -0.25) is 4.79 Å². The van der Waals surface area contributed by atoms with Crippen LogP contribution in [-0.4, -0.2) is 11.9 Å². The van der Waals surface area contributed by atoms with E-state index in [-0.39, 0.29) is 0 Å². The molecule has 1 amide bonds. The second-order valence-corrected chi connectivity index (χ2v) is 4.93. The van der Waals surface area contributed by atoms with Gasteiger partial charge >= 0.3 is 0 Å². The van der Waals surface area contributed by atoms with Gasteiger partial charge in [0.25, 0.3) is 5.91 Å². The van der Waals surface area contributed by atoms with E-state index in [0.29, 0.717) is 17.3 Å². The van der Waals surface area contributed by atoms with E-state index in [1.807, 2.05) is 6.07 Å². The molecule has 1 aliphatic rings. The van der Waals surface area contributed by atoms with Gasteiger partial charge in [0.15, 0.2) is 0 Å². The van der Waals surface area contributed by atoms with Gasteiger partial charge in [-0.2, -0.15) is 0 Å². The number of carbonyl (C=O) groups is 1. The van der Waals surface area contributed by atoms with E-state index in [1.165, 1.54) is 19.3 Å². The highest BCUT2D eigenvalue weighted by atomic mass is 16.1. The molecule has 2 unspecified atom stereocenters. The van der Waals surface area contributed by atoms with Crippen molar-refractivity contribution in [3.8, 4) is 0 Å². The Morgan fingerprint density at radius 3 is 2.76 bits per heavy atom. The average molecular weight is 233 g/mol. The normalized spacial score (nSPS) is 23.6. The molecule has 2 atom stereocenters. The van der Waals surface area contributed by atoms with Crippen LogP contribution in [0.15, 0.2) is 18.2 Å². The number of anilines is 2. The lowest BCUT2D eigenvalue weighted by Gasteiger charge is -2.15. The van der Waals surface area contributed by atoms with Crippen LogP contribution in [0.2, 0.25) is 0 Å². The van der Waals surface area contributed by atoms with Crippen LogP contribution in [-0.2, 0) is 0 Å². The molecule has 1 fully saturated rings. The first-order valence-electron chi connectivity index (χ1n) is 6.02. The average Bonchev–Trinajstić information content (AvgIpc) is 2.66. The van der Waals surface area contributed by atoms with Gasteiger partial charge in [-0.1, -0.05) is 6.92 Å². The first-order chi connectivity index (χ1) is 8.06. The van der Waals surface area contributed by atoms with E-state index >= 15 is 0 Å². The molecular formula is C13H19N3O. The molecule has 2 rings (SSSR count). The maximum atomic E-state index is 11.2. The lowest BCUT2D eigenvalue weighted by molar-refractivity contribution is 0.100. The van der Waals surface area contributed by atoms with E-state index < -0.39 is 5.91 Å². The largest absolute Gasteiger partial charge is 0.398 e. The summed E-state index contributed by atoms with van der Waals surface area (Å²) in [4.78, 5) is 11.2. The number of nitrogens with two attached hydrogens (primary N) is 2. The van der Waals surface area contributed by atoms with Crippen molar-refractivity contribution in [2.24, 2.45) is 11.7 Å². The fraction of sp³-hybridized carbons (Fsp3) is 0.462. The third kappa shape index (κ3) is 2.70. The molecule has 0 aromatic heterocycles. The Balaban J connectivity index is 2.11. The van der Waals surface area contributed by atoms with Crippen LogP contribution in [0.1, 0.15) is 36.5 Å². The van der Waals surface area contributed by atoms with Crippen LogP contribution < -0.4 is 16.8 Å². The molecule has 0 saturated heterocycles. The van der Waals surface area contributed by atoms with Crippen molar-refractivity contribution in [2.75, 3.05) is 11.1 Å². The topological polar surface area (TPSA) is 81.1 Å². The number of amides is 1. The number of rotatable bonds is 3. The van der Waals surface area contributed by atoms with E-state index in [4.69, 9.17) is 11.5 Å².